The molecule has 1 saturated carbocycles. The second-order valence-corrected chi connectivity index (χ2v) is 6.25. The van der Waals surface area contributed by atoms with Crippen molar-refractivity contribution in [2.75, 3.05) is 6.61 Å². The van der Waals surface area contributed by atoms with Crippen molar-refractivity contribution in [3.63, 3.8) is 0 Å². The fourth-order valence-electron chi connectivity index (χ4n) is 3.84. The molecule has 1 aliphatic heterocycles. The van der Waals surface area contributed by atoms with Gasteiger partial charge in [-0.25, -0.2) is 4.98 Å². The van der Waals surface area contributed by atoms with E-state index in [4.69, 9.17) is 10.00 Å². The zero-order valence-electron chi connectivity index (χ0n) is 12.1. The van der Waals surface area contributed by atoms with Gasteiger partial charge in [0.25, 0.3) is 0 Å². The van der Waals surface area contributed by atoms with Gasteiger partial charge in [0.1, 0.15) is 5.82 Å². The first kappa shape index (κ1) is 12.8. The molecular formula is C17H19N3O. The second kappa shape index (κ2) is 4.85. The second-order valence-electron chi connectivity index (χ2n) is 6.25. The number of ether oxygens (including phenoxy) is 1. The molecule has 2 aliphatic rings. The van der Waals surface area contributed by atoms with E-state index in [1.165, 1.54) is 19.3 Å². The molecule has 1 spiro atoms. The van der Waals surface area contributed by atoms with Crippen LogP contribution in [0.25, 0.3) is 11.0 Å². The molecule has 1 aromatic carbocycles. The van der Waals surface area contributed by atoms with Gasteiger partial charge in [-0.1, -0.05) is 12.1 Å². The van der Waals surface area contributed by atoms with Crippen LogP contribution in [0.15, 0.2) is 24.3 Å². The monoisotopic (exact) mass is 281 g/mol. The molecule has 0 bridgehead atoms. The highest BCUT2D eigenvalue weighted by molar-refractivity contribution is 5.76. The molecule has 0 amide bonds. The van der Waals surface area contributed by atoms with Crippen molar-refractivity contribution in [1.29, 1.82) is 5.26 Å². The number of rotatable bonds is 2. The van der Waals surface area contributed by atoms with E-state index in [-0.39, 0.29) is 5.60 Å². The summed E-state index contributed by atoms with van der Waals surface area (Å²) in [6.45, 7) is 0.823. The molecule has 2 aromatic rings. The van der Waals surface area contributed by atoms with Gasteiger partial charge in [-0.15, -0.1) is 0 Å². The molecule has 4 nitrogen and oxygen atoms in total. The van der Waals surface area contributed by atoms with Gasteiger partial charge in [0.2, 0.25) is 0 Å². The van der Waals surface area contributed by atoms with E-state index in [0.717, 1.165) is 36.3 Å². The number of benzene rings is 1. The van der Waals surface area contributed by atoms with Crippen LogP contribution in [0.5, 0.6) is 0 Å². The lowest BCUT2D eigenvalue weighted by Crippen LogP contribution is -2.46. The van der Waals surface area contributed by atoms with Crippen LogP contribution in [0, 0.1) is 11.3 Å². The van der Waals surface area contributed by atoms with Crippen LogP contribution < -0.4 is 0 Å². The minimum atomic E-state index is 0.109. The Morgan fingerprint density at radius 2 is 2.24 bits per heavy atom. The van der Waals surface area contributed by atoms with Gasteiger partial charge in [0.05, 0.1) is 29.1 Å². The van der Waals surface area contributed by atoms with Gasteiger partial charge < -0.3 is 9.30 Å². The van der Waals surface area contributed by atoms with Gasteiger partial charge in [-0.05, 0) is 44.2 Å². The first-order valence-corrected chi connectivity index (χ1v) is 7.78. The number of hydrogen-bond acceptors (Lipinski definition) is 3. The predicted molar refractivity (Wildman–Crippen MR) is 79.9 cm³/mol. The summed E-state index contributed by atoms with van der Waals surface area (Å²) in [4.78, 5) is 4.67. The van der Waals surface area contributed by atoms with Crippen molar-refractivity contribution in [3.8, 4) is 6.07 Å². The summed E-state index contributed by atoms with van der Waals surface area (Å²) >= 11 is 0. The van der Waals surface area contributed by atoms with Gasteiger partial charge in [-0.2, -0.15) is 5.26 Å². The normalized spacial score (nSPS) is 23.9. The van der Waals surface area contributed by atoms with Crippen LogP contribution in [-0.4, -0.2) is 21.8 Å². The maximum atomic E-state index is 9.10. The summed E-state index contributed by atoms with van der Waals surface area (Å²) in [5, 5.41) is 9.10. The highest BCUT2D eigenvalue weighted by atomic mass is 16.5. The number of nitrogens with zero attached hydrogens (tertiary/aromatic N) is 3. The topological polar surface area (TPSA) is 50.8 Å². The Labute approximate surface area is 124 Å². The molecule has 1 saturated heterocycles. The summed E-state index contributed by atoms with van der Waals surface area (Å²) in [5.41, 5.74) is 2.26. The molecule has 1 aromatic heterocycles. The summed E-state index contributed by atoms with van der Waals surface area (Å²) in [6.07, 6.45) is 6.10. The fourth-order valence-corrected chi connectivity index (χ4v) is 3.84. The SMILES string of the molecule is N#CCc1nc2ccccc2n1C1CCOC2(CCC2)C1. The minimum absolute atomic E-state index is 0.109. The highest BCUT2D eigenvalue weighted by Crippen LogP contribution is 2.46. The first-order chi connectivity index (χ1) is 10.3. The van der Waals surface area contributed by atoms with Gasteiger partial charge in [0, 0.05) is 12.6 Å². The quantitative estimate of drug-likeness (QED) is 0.848. The maximum Gasteiger partial charge on any atom is 0.124 e. The van der Waals surface area contributed by atoms with Crippen molar-refractivity contribution < 1.29 is 4.74 Å². The summed E-state index contributed by atoms with van der Waals surface area (Å²) in [5.74, 6) is 0.903. The predicted octanol–water partition coefficient (Wildman–Crippen LogP) is 3.38. The van der Waals surface area contributed by atoms with E-state index < -0.39 is 0 Å². The van der Waals surface area contributed by atoms with Crippen LogP contribution in [0.4, 0.5) is 0 Å². The Kier molecular flexibility index (Phi) is 2.97. The lowest BCUT2D eigenvalue weighted by Gasteiger charge is -2.47. The average Bonchev–Trinajstić information content (AvgIpc) is 2.84. The molecule has 4 heteroatoms. The van der Waals surface area contributed by atoms with E-state index in [1.807, 2.05) is 12.1 Å². The van der Waals surface area contributed by atoms with Crippen LogP contribution in [0.3, 0.4) is 0 Å². The summed E-state index contributed by atoms with van der Waals surface area (Å²) < 4.78 is 8.35. The Bertz CT molecular complexity index is 708. The largest absolute Gasteiger partial charge is 0.375 e. The van der Waals surface area contributed by atoms with E-state index in [9.17, 15) is 0 Å². The number of imidazole rings is 1. The van der Waals surface area contributed by atoms with Crippen LogP contribution in [0.2, 0.25) is 0 Å². The summed E-state index contributed by atoms with van der Waals surface area (Å²) in [6, 6.07) is 10.9. The third kappa shape index (κ3) is 2.04. The standard InChI is InChI=1S/C17H19N3O/c18-10-6-16-19-14-4-1-2-5-15(14)20(16)13-7-11-21-17(12-13)8-3-9-17/h1-2,4-5,13H,3,6-9,11-12H2. The van der Waals surface area contributed by atoms with E-state index in [2.05, 4.69) is 27.8 Å². The van der Waals surface area contributed by atoms with E-state index in [1.54, 1.807) is 0 Å². The highest BCUT2D eigenvalue weighted by Gasteiger charge is 2.43. The zero-order chi connectivity index (χ0) is 14.3. The van der Waals surface area contributed by atoms with Gasteiger partial charge in [0.15, 0.2) is 0 Å². The third-order valence-electron chi connectivity index (χ3n) is 5.00. The number of fused-ring (bicyclic) bond motifs is 1. The lowest BCUT2D eigenvalue weighted by molar-refractivity contribution is -0.140. The van der Waals surface area contributed by atoms with Crippen LogP contribution in [0.1, 0.15) is 44.0 Å². The first-order valence-electron chi connectivity index (χ1n) is 7.78. The van der Waals surface area contributed by atoms with Crippen molar-refractivity contribution >= 4 is 11.0 Å². The third-order valence-corrected chi connectivity index (χ3v) is 5.00. The molecule has 2 fully saturated rings. The van der Waals surface area contributed by atoms with Gasteiger partial charge in [-0.3, -0.25) is 0 Å². The van der Waals surface area contributed by atoms with Crippen molar-refractivity contribution in [2.45, 2.75) is 50.2 Å². The molecule has 0 N–H and O–H groups in total. The molecular weight excluding hydrogens is 262 g/mol. The zero-order valence-corrected chi connectivity index (χ0v) is 12.1. The molecule has 108 valence electrons. The van der Waals surface area contributed by atoms with Crippen molar-refractivity contribution in [1.82, 2.24) is 9.55 Å². The summed E-state index contributed by atoms with van der Waals surface area (Å²) in [7, 11) is 0. The fraction of sp³-hybridized carbons (Fsp3) is 0.529. The Hall–Kier alpha value is -1.86. The number of aromatic nitrogens is 2. The van der Waals surface area contributed by atoms with E-state index >= 15 is 0 Å². The molecule has 21 heavy (non-hydrogen) atoms. The number of nitriles is 1. The minimum Gasteiger partial charge on any atom is -0.375 e. The van der Waals surface area contributed by atoms with Crippen LogP contribution in [-0.2, 0) is 11.2 Å². The Morgan fingerprint density at radius 3 is 3.00 bits per heavy atom. The molecule has 1 aliphatic carbocycles. The molecule has 4 rings (SSSR count). The smallest absolute Gasteiger partial charge is 0.124 e. The van der Waals surface area contributed by atoms with Crippen molar-refractivity contribution in [3.05, 3.63) is 30.1 Å². The average molecular weight is 281 g/mol. The molecule has 1 atom stereocenters. The molecule has 2 heterocycles. The number of hydrogen-bond donors (Lipinski definition) is 0. The lowest BCUT2D eigenvalue weighted by atomic mass is 9.74. The van der Waals surface area contributed by atoms with Crippen molar-refractivity contribution in [2.24, 2.45) is 0 Å². The van der Waals surface area contributed by atoms with E-state index in [0.29, 0.717) is 12.5 Å². The number of para-hydroxylation sites is 2. The Balaban J connectivity index is 1.77. The molecule has 0 radical (unpaired) electrons. The van der Waals surface area contributed by atoms with Crippen LogP contribution >= 0.6 is 0 Å². The molecule has 1 unspecified atom stereocenters. The van der Waals surface area contributed by atoms with Gasteiger partial charge >= 0.3 is 0 Å². The maximum absolute atomic E-state index is 9.10. The Morgan fingerprint density at radius 1 is 1.38 bits per heavy atom.